The molecular weight excluding hydrogens is 463 g/mol. The van der Waals surface area contributed by atoms with Gasteiger partial charge in [0.2, 0.25) is 0 Å². The fourth-order valence-electron chi connectivity index (χ4n) is 4.77. The van der Waals surface area contributed by atoms with E-state index in [0.717, 1.165) is 48.2 Å². The summed E-state index contributed by atoms with van der Waals surface area (Å²) in [5.74, 6) is -0.325. The first kappa shape index (κ1) is 26.1. The number of aryl methyl sites for hydroxylation is 1. The number of carbonyl (C=O) groups excluding carboxylic acids is 1. The molecule has 2 aromatic carbocycles. The van der Waals surface area contributed by atoms with Gasteiger partial charge in [-0.25, -0.2) is 4.39 Å². The third kappa shape index (κ3) is 5.73. The number of nitrogens with one attached hydrogen (secondary N) is 1. The Morgan fingerprint density at radius 1 is 1.16 bits per heavy atom. The second kappa shape index (κ2) is 11.9. The van der Waals surface area contributed by atoms with Crippen LogP contribution in [-0.2, 0) is 4.79 Å². The maximum absolute atomic E-state index is 15.0. The lowest BCUT2D eigenvalue weighted by Gasteiger charge is -2.30. The number of amides is 1. The molecule has 1 N–H and O–H groups in total. The third-order valence-corrected chi connectivity index (χ3v) is 6.77. The number of hydrogen-bond donors (Lipinski definition) is 1. The molecule has 2 heterocycles. The summed E-state index contributed by atoms with van der Waals surface area (Å²) in [6.07, 6.45) is 7.71. The number of nitrogens with zero attached hydrogens (tertiary/aromatic N) is 3. The van der Waals surface area contributed by atoms with Gasteiger partial charge in [-0.1, -0.05) is 56.3 Å². The first-order valence-electron chi connectivity index (χ1n) is 12.8. The van der Waals surface area contributed by atoms with Crippen LogP contribution in [0.25, 0.3) is 16.7 Å². The van der Waals surface area contributed by atoms with Gasteiger partial charge >= 0.3 is 0 Å². The van der Waals surface area contributed by atoms with E-state index in [4.69, 9.17) is 0 Å². The van der Waals surface area contributed by atoms with Gasteiger partial charge in [-0.15, -0.1) is 0 Å². The SMILES string of the molecule is C=C1C=C(C(=O)N2CCNCC2)C=CN1/C(C#N)=C(\CCCC)c1ccccc1-c1ccc(C)cc1F. The molecule has 0 spiro atoms. The number of halogens is 1. The average molecular weight is 497 g/mol. The van der Waals surface area contributed by atoms with E-state index in [0.29, 0.717) is 42.0 Å². The monoisotopic (exact) mass is 496 g/mol. The summed E-state index contributed by atoms with van der Waals surface area (Å²) >= 11 is 0. The molecule has 1 saturated heterocycles. The van der Waals surface area contributed by atoms with Crippen molar-refractivity contribution < 1.29 is 9.18 Å². The fraction of sp³-hybridized carbons (Fsp3) is 0.290. The van der Waals surface area contributed by atoms with Gasteiger partial charge in [0.25, 0.3) is 5.91 Å². The molecule has 2 aliphatic heterocycles. The zero-order valence-corrected chi connectivity index (χ0v) is 21.6. The van der Waals surface area contributed by atoms with Crippen molar-refractivity contribution >= 4 is 11.5 Å². The van der Waals surface area contributed by atoms with Crippen molar-refractivity contribution in [3.05, 3.63) is 101 Å². The number of rotatable bonds is 7. The summed E-state index contributed by atoms with van der Waals surface area (Å²) in [7, 11) is 0. The summed E-state index contributed by atoms with van der Waals surface area (Å²) in [4.78, 5) is 16.6. The zero-order chi connectivity index (χ0) is 26.4. The molecule has 190 valence electrons. The van der Waals surface area contributed by atoms with Gasteiger partial charge < -0.3 is 15.1 Å². The molecule has 0 atom stereocenters. The smallest absolute Gasteiger partial charge is 0.254 e. The molecule has 0 aromatic heterocycles. The molecule has 0 bridgehead atoms. The molecule has 4 rings (SSSR count). The van der Waals surface area contributed by atoms with Crippen LogP contribution in [0.4, 0.5) is 4.39 Å². The van der Waals surface area contributed by atoms with Crippen molar-refractivity contribution in [1.29, 1.82) is 5.26 Å². The zero-order valence-electron chi connectivity index (χ0n) is 21.6. The van der Waals surface area contributed by atoms with E-state index in [1.165, 1.54) is 6.07 Å². The predicted octanol–water partition coefficient (Wildman–Crippen LogP) is 5.93. The quantitative estimate of drug-likeness (QED) is 0.483. The van der Waals surface area contributed by atoms with E-state index in [1.54, 1.807) is 29.3 Å². The number of unbranched alkanes of at least 4 members (excludes halogenated alkanes) is 1. The van der Waals surface area contributed by atoms with Crippen molar-refractivity contribution in [3.8, 4) is 17.2 Å². The van der Waals surface area contributed by atoms with Crippen LogP contribution >= 0.6 is 0 Å². The Labute approximate surface area is 218 Å². The minimum Gasteiger partial charge on any atom is -0.336 e. The Balaban J connectivity index is 1.75. The van der Waals surface area contributed by atoms with Crippen molar-refractivity contribution in [2.75, 3.05) is 26.2 Å². The molecule has 0 aliphatic carbocycles. The lowest BCUT2D eigenvalue weighted by Crippen LogP contribution is -2.47. The van der Waals surface area contributed by atoms with Crippen molar-refractivity contribution in [1.82, 2.24) is 15.1 Å². The maximum atomic E-state index is 15.0. The number of nitriles is 1. The largest absolute Gasteiger partial charge is 0.336 e. The van der Waals surface area contributed by atoms with E-state index < -0.39 is 0 Å². The van der Waals surface area contributed by atoms with E-state index in [2.05, 4.69) is 24.9 Å². The van der Waals surface area contributed by atoms with Crippen LogP contribution in [0.2, 0.25) is 0 Å². The van der Waals surface area contributed by atoms with Crippen LogP contribution in [0.15, 0.2) is 84.4 Å². The molecule has 2 aliphatic rings. The first-order chi connectivity index (χ1) is 17.9. The molecule has 6 heteroatoms. The highest BCUT2D eigenvalue weighted by Crippen LogP contribution is 2.37. The van der Waals surface area contributed by atoms with Gasteiger partial charge in [0, 0.05) is 49.2 Å². The average Bonchev–Trinajstić information content (AvgIpc) is 2.92. The number of carbonyl (C=O) groups is 1. The topological polar surface area (TPSA) is 59.4 Å². The van der Waals surface area contributed by atoms with Gasteiger partial charge in [-0.05, 0) is 60.2 Å². The summed E-state index contributed by atoms with van der Waals surface area (Å²) in [5, 5.41) is 13.6. The van der Waals surface area contributed by atoms with Crippen LogP contribution in [0.1, 0.15) is 37.3 Å². The number of allylic oxidation sites excluding steroid dienone is 3. The third-order valence-electron chi connectivity index (χ3n) is 6.77. The Morgan fingerprint density at radius 3 is 2.59 bits per heavy atom. The molecule has 0 unspecified atom stereocenters. The predicted molar refractivity (Wildman–Crippen MR) is 146 cm³/mol. The van der Waals surface area contributed by atoms with E-state index >= 15 is 4.39 Å². The molecule has 5 nitrogen and oxygen atoms in total. The highest BCUT2D eigenvalue weighted by Gasteiger charge is 2.25. The normalized spacial score (nSPS) is 16.3. The Kier molecular flexibility index (Phi) is 8.37. The molecule has 0 saturated carbocycles. The molecule has 1 amide bonds. The molecule has 0 radical (unpaired) electrons. The van der Waals surface area contributed by atoms with Gasteiger partial charge in [-0.3, -0.25) is 4.79 Å². The first-order valence-corrected chi connectivity index (χ1v) is 12.8. The Bertz CT molecular complexity index is 1320. The van der Waals surface area contributed by atoms with Crippen LogP contribution in [-0.4, -0.2) is 41.9 Å². The lowest BCUT2D eigenvalue weighted by molar-refractivity contribution is -0.127. The van der Waals surface area contributed by atoms with Crippen LogP contribution in [0, 0.1) is 24.1 Å². The maximum Gasteiger partial charge on any atom is 0.254 e. The lowest BCUT2D eigenvalue weighted by atomic mass is 9.89. The molecule has 2 aromatic rings. The van der Waals surface area contributed by atoms with Gasteiger partial charge in [0.15, 0.2) is 0 Å². The van der Waals surface area contributed by atoms with Gasteiger partial charge in [0.1, 0.15) is 17.6 Å². The van der Waals surface area contributed by atoms with Crippen LogP contribution < -0.4 is 5.32 Å². The summed E-state index contributed by atoms with van der Waals surface area (Å²) in [6, 6.07) is 15.3. The molecular formula is C31H33FN4O. The van der Waals surface area contributed by atoms with Crippen molar-refractivity contribution in [3.63, 3.8) is 0 Å². The van der Waals surface area contributed by atoms with Crippen LogP contribution in [0.5, 0.6) is 0 Å². The van der Waals surface area contributed by atoms with Crippen molar-refractivity contribution in [2.24, 2.45) is 0 Å². The number of piperazine rings is 1. The summed E-state index contributed by atoms with van der Waals surface area (Å²) < 4.78 is 15.0. The minimum atomic E-state index is -0.290. The summed E-state index contributed by atoms with van der Waals surface area (Å²) in [6.45, 7) is 11.0. The summed E-state index contributed by atoms with van der Waals surface area (Å²) in [5.41, 5.74) is 5.28. The highest BCUT2D eigenvalue weighted by atomic mass is 19.1. The standard InChI is InChI=1S/C31H33FN4O/c1-4-5-8-28(26-10-7-6-9-25(26)27-12-11-22(2)19-29(27)32)30(21-33)36-16-13-24(20-23(36)3)31(37)35-17-14-34-15-18-35/h6-7,9-13,16,19-20,34H,3-5,8,14-15,17-18H2,1-2H3/b30-28+. The van der Waals surface area contributed by atoms with Crippen molar-refractivity contribution in [2.45, 2.75) is 33.1 Å². The van der Waals surface area contributed by atoms with Crippen LogP contribution in [0.3, 0.4) is 0 Å². The van der Waals surface area contributed by atoms with Gasteiger partial charge in [-0.2, -0.15) is 5.26 Å². The van der Waals surface area contributed by atoms with E-state index in [9.17, 15) is 10.1 Å². The second-order valence-corrected chi connectivity index (χ2v) is 9.39. The van der Waals surface area contributed by atoms with E-state index in [1.807, 2.05) is 42.2 Å². The van der Waals surface area contributed by atoms with E-state index in [-0.39, 0.29) is 11.7 Å². The fourth-order valence-corrected chi connectivity index (χ4v) is 4.77. The molecule has 1 fully saturated rings. The minimum absolute atomic E-state index is 0.0348. The highest BCUT2D eigenvalue weighted by molar-refractivity contribution is 5.97. The molecule has 37 heavy (non-hydrogen) atoms. The Morgan fingerprint density at radius 2 is 1.92 bits per heavy atom. The second-order valence-electron chi connectivity index (χ2n) is 9.39. The number of hydrogen-bond acceptors (Lipinski definition) is 4. The Hall–Kier alpha value is -3.95. The van der Waals surface area contributed by atoms with Gasteiger partial charge in [0.05, 0.1) is 0 Å². The number of benzene rings is 2.